The van der Waals surface area contributed by atoms with Gasteiger partial charge in [-0.1, -0.05) is 0 Å². The van der Waals surface area contributed by atoms with Crippen LogP contribution in [0.3, 0.4) is 0 Å². The molecule has 0 amide bonds. The van der Waals surface area contributed by atoms with Crippen LogP contribution < -0.4 is 11.4 Å². The number of nitrogen functional groups attached to an aromatic ring is 1. The summed E-state index contributed by atoms with van der Waals surface area (Å²) in [4.78, 5) is 36.2. The lowest BCUT2D eigenvalue weighted by molar-refractivity contribution is 0.0191. The highest BCUT2D eigenvalue weighted by molar-refractivity contribution is 7.51. The van der Waals surface area contributed by atoms with E-state index >= 15 is 0 Å². The molecule has 1 rings (SSSR count). The minimum Gasteiger partial charge on any atom is -0.394 e. The SMILES string of the molecule is Cc1nc(N)n(C[C@@H](CO)OCP(=O)(O)O)c(=O)n1. The summed E-state index contributed by atoms with van der Waals surface area (Å²) < 4.78 is 16.4. The maximum Gasteiger partial charge on any atom is 0.352 e. The Morgan fingerprint density at radius 2 is 2.11 bits per heavy atom. The summed E-state index contributed by atoms with van der Waals surface area (Å²) in [5.41, 5.74) is 4.85. The van der Waals surface area contributed by atoms with E-state index in [0.29, 0.717) is 0 Å². The molecule has 0 fully saturated rings. The van der Waals surface area contributed by atoms with Crippen molar-refractivity contribution in [1.29, 1.82) is 0 Å². The van der Waals surface area contributed by atoms with Crippen molar-refractivity contribution >= 4 is 13.5 Å². The highest BCUT2D eigenvalue weighted by Crippen LogP contribution is 2.34. The Kier molecular flexibility index (Phi) is 5.15. The molecular formula is C8H15N4O6P. The predicted molar refractivity (Wildman–Crippen MR) is 64.3 cm³/mol. The van der Waals surface area contributed by atoms with E-state index in [1.54, 1.807) is 0 Å². The zero-order valence-corrected chi connectivity index (χ0v) is 11.0. The molecule has 0 aliphatic heterocycles. The van der Waals surface area contributed by atoms with Gasteiger partial charge in [0.2, 0.25) is 5.95 Å². The van der Waals surface area contributed by atoms with Gasteiger partial charge in [-0.25, -0.2) is 4.79 Å². The van der Waals surface area contributed by atoms with Crippen LogP contribution in [0.2, 0.25) is 0 Å². The maximum absolute atomic E-state index is 11.6. The van der Waals surface area contributed by atoms with Gasteiger partial charge >= 0.3 is 13.3 Å². The van der Waals surface area contributed by atoms with Gasteiger partial charge in [0.25, 0.3) is 0 Å². The topological polar surface area (TPSA) is 161 Å². The van der Waals surface area contributed by atoms with E-state index in [9.17, 15) is 9.36 Å². The van der Waals surface area contributed by atoms with Gasteiger partial charge in [-0.15, -0.1) is 0 Å². The molecule has 10 nitrogen and oxygen atoms in total. The molecular weight excluding hydrogens is 279 g/mol. The van der Waals surface area contributed by atoms with E-state index < -0.39 is 32.3 Å². The van der Waals surface area contributed by atoms with Crippen molar-refractivity contribution in [2.75, 3.05) is 18.7 Å². The Bertz CT molecular complexity index is 541. The summed E-state index contributed by atoms with van der Waals surface area (Å²) in [6.07, 6.45) is -1.86. The van der Waals surface area contributed by atoms with Gasteiger partial charge in [-0.05, 0) is 6.92 Å². The quantitative estimate of drug-likeness (QED) is 0.436. The number of aryl methyl sites for hydroxylation is 1. The number of hydrogen-bond donors (Lipinski definition) is 4. The Hall–Kier alpha value is -1.32. The van der Waals surface area contributed by atoms with Gasteiger partial charge in [0.05, 0.1) is 19.3 Å². The lowest BCUT2D eigenvalue weighted by atomic mass is 10.4. The minimum atomic E-state index is -4.35. The van der Waals surface area contributed by atoms with Crippen molar-refractivity contribution in [3.63, 3.8) is 0 Å². The van der Waals surface area contributed by atoms with Crippen LogP contribution in [-0.2, 0) is 15.8 Å². The third-order valence-corrected chi connectivity index (χ3v) is 2.59. The second-order valence-electron chi connectivity index (χ2n) is 3.79. The lowest BCUT2D eigenvalue weighted by Crippen LogP contribution is -2.34. The number of nitrogens with two attached hydrogens (primary N) is 1. The first-order chi connectivity index (χ1) is 8.73. The van der Waals surface area contributed by atoms with E-state index in [1.165, 1.54) is 6.92 Å². The molecule has 19 heavy (non-hydrogen) atoms. The van der Waals surface area contributed by atoms with Crippen molar-refractivity contribution < 1.29 is 24.2 Å². The minimum absolute atomic E-state index is 0.115. The Balaban J connectivity index is 2.82. The maximum atomic E-state index is 11.6. The van der Waals surface area contributed by atoms with E-state index in [1.807, 2.05) is 0 Å². The van der Waals surface area contributed by atoms with Crippen LogP contribution in [0.4, 0.5) is 5.95 Å². The van der Waals surface area contributed by atoms with Crippen molar-refractivity contribution in [2.24, 2.45) is 0 Å². The molecule has 0 aliphatic rings. The molecule has 1 atom stereocenters. The number of hydrogen-bond acceptors (Lipinski definition) is 7. The first-order valence-electron chi connectivity index (χ1n) is 5.21. The molecule has 1 aromatic heterocycles. The molecule has 0 saturated carbocycles. The smallest absolute Gasteiger partial charge is 0.352 e. The number of nitrogens with zero attached hydrogens (tertiary/aromatic N) is 3. The van der Waals surface area contributed by atoms with Crippen LogP contribution >= 0.6 is 7.60 Å². The molecule has 0 radical (unpaired) electrons. The van der Waals surface area contributed by atoms with Crippen LogP contribution in [0.15, 0.2) is 4.79 Å². The summed E-state index contributed by atoms with van der Waals surface area (Å²) >= 11 is 0. The van der Waals surface area contributed by atoms with Gasteiger partial charge in [0.15, 0.2) is 0 Å². The number of rotatable bonds is 6. The number of ether oxygens (including phenoxy) is 1. The van der Waals surface area contributed by atoms with Crippen LogP contribution in [0.25, 0.3) is 0 Å². The predicted octanol–water partition coefficient (Wildman–Crippen LogP) is -1.96. The Labute approximate surface area is 108 Å². The molecule has 0 saturated heterocycles. The molecule has 0 spiro atoms. The molecule has 5 N–H and O–H groups in total. The molecule has 11 heteroatoms. The van der Waals surface area contributed by atoms with E-state index in [4.69, 9.17) is 25.4 Å². The fourth-order valence-corrected chi connectivity index (χ4v) is 1.69. The lowest BCUT2D eigenvalue weighted by Gasteiger charge is -2.17. The monoisotopic (exact) mass is 294 g/mol. The standard InChI is InChI=1S/C8H15N4O6P/c1-5-10-7(9)12(8(14)11-5)2-6(3-13)18-4-19(15,16)17/h6,13H,2-4H2,1H3,(H2,15,16,17)(H2,9,10,11,14)/t6-/m0/s1. The van der Waals surface area contributed by atoms with Gasteiger partial charge in [-0.2, -0.15) is 9.97 Å². The van der Waals surface area contributed by atoms with E-state index in [2.05, 4.69) is 9.97 Å². The second kappa shape index (κ2) is 6.22. The summed E-state index contributed by atoms with van der Waals surface area (Å²) in [5, 5.41) is 9.05. The van der Waals surface area contributed by atoms with Crippen molar-refractivity contribution in [1.82, 2.24) is 14.5 Å². The van der Waals surface area contributed by atoms with Gasteiger partial charge < -0.3 is 25.4 Å². The largest absolute Gasteiger partial charge is 0.394 e. The molecule has 0 aromatic carbocycles. The average molecular weight is 294 g/mol. The molecule has 0 aliphatic carbocycles. The van der Waals surface area contributed by atoms with E-state index in [-0.39, 0.29) is 18.3 Å². The van der Waals surface area contributed by atoms with Gasteiger partial charge in [0.1, 0.15) is 12.2 Å². The van der Waals surface area contributed by atoms with E-state index in [0.717, 1.165) is 4.57 Å². The summed E-state index contributed by atoms with van der Waals surface area (Å²) in [7, 11) is -4.35. The summed E-state index contributed by atoms with van der Waals surface area (Å²) in [5.74, 6) is 0.0890. The molecule has 1 aromatic rings. The van der Waals surface area contributed by atoms with Crippen molar-refractivity contribution in [3.05, 3.63) is 16.3 Å². The average Bonchev–Trinajstić information content (AvgIpc) is 2.25. The fraction of sp³-hybridized carbons (Fsp3) is 0.625. The van der Waals surface area contributed by atoms with Crippen molar-refractivity contribution in [2.45, 2.75) is 19.6 Å². The van der Waals surface area contributed by atoms with Gasteiger partial charge in [-0.3, -0.25) is 9.13 Å². The first kappa shape index (κ1) is 15.7. The molecule has 0 bridgehead atoms. The van der Waals surface area contributed by atoms with Crippen LogP contribution in [-0.4, -0.2) is 48.5 Å². The molecule has 1 heterocycles. The number of anilines is 1. The number of aromatic nitrogens is 3. The number of aliphatic hydroxyl groups excluding tert-OH is 1. The third-order valence-electron chi connectivity index (χ3n) is 2.11. The van der Waals surface area contributed by atoms with Crippen LogP contribution in [0, 0.1) is 6.92 Å². The molecule has 0 unspecified atom stereocenters. The van der Waals surface area contributed by atoms with Gasteiger partial charge in [0, 0.05) is 0 Å². The Morgan fingerprint density at radius 1 is 1.47 bits per heavy atom. The fourth-order valence-electron chi connectivity index (χ4n) is 1.29. The van der Waals surface area contributed by atoms with Crippen LogP contribution in [0.5, 0.6) is 0 Å². The normalized spacial score (nSPS) is 13.5. The summed E-state index contributed by atoms with van der Waals surface area (Å²) in [6.45, 7) is 0.747. The summed E-state index contributed by atoms with van der Waals surface area (Å²) in [6, 6.07) is 0. The highest BCUT2D eigenvalue weighted by Gasteiger charge is 2.19. The second-order valence-corrected chi connectivity index (χ2v) is 5.37. The Morgan fingerprint density at radius 3 is 2.58 bits per heavy atom. The van der Waals surface area contributed by atoms with Crippen LogP contribution in [0.1, 0.15) is 5.82 Å². The highest BCUT2D eigenvalue weighted by atomic mass is 31.2. The third kappa shape index (κ3) is 5.05. The van der Waals surface area contributed by atoms with Crippen molar-refractivity contribution in [3.8, 4) is 0 Å². The zero-order valence-electron chi connectivity index (χ0n) is 10.1. The molecule has 108 valence electrons. The number of aliphatic hydroxyl groups is 1. The zero-order chi connectivity index (χ0) is 14.6. The first-order valence-corrected chi connectivity index (χ1v) is 7.00.